The molecule has 4 aromatic rings. The van der Waals surface area contributed by atoms with Crippen LogP contribution in [0.2, 0.25) is 0 Å². The molecule has 1 aliphatic heterocycles. The summed E-state index contributed by atoms with van der Waals surface area (Å²) in [6.07, 6.45) is 0.874. The third-order valence-electron chi connectivity index (χ3n) is 6.49. The molecule has 174 valence electrons. The predicted octanol–water partition coefficient (Wildman–Crippen LogP) is 3.84. The molecule has 1 aromatic heterocycles. The number of hydrogen-bond acceptors (Lipinski definition) is 6. The number of piperazine rings is 1. The van der Waals surface area contributed by atoms with Crippen LogP contribution >= 0.6 is 0 Å². The molecule has 34 heavy (non-hydrogen) atoms. The minimum atomic E-state index is -0.0835. The number of tetrazole rings is 1. The van der Waals surface area contributed by atoms with Gasteiger partial charge in [-0.05, 0) is 40.6 Å². The number of methoxy groups -OCH3 is 1. The van der Waals surface area contributed by atoms with Gasteiger partial charge in [0.05, 0.1) is 7.11 Å². The lowest BCUT2D eigenvalue weighted by Gasteiger charge is -2.40. The largest absolute Gasteiger partial charge is 0.496 e. The molecule has 0 aliphatic carbocycles. The normalized spacial score (nSPS) is 15.3. The van der Waals surface area contributed by atoms with E-state index >= 15 is 0 Å². The van der Waals surface area contributed by atoms with E-state index in [1.54, 1.807) is 7.11 Å². The summed E-state index contributed by atoms with van der Waals surface area (Å²) in [7, 11) is 1.72. The van der Waals surface area contributed by atoms with Crippen molar-refractivity contribution in [3.63, 3.8) is 0 Å². The van der Waals surface area contributed by atoms with Crippen molar-refractivity contribution in [2.24, 2.45) is 0 Å². The highest BCUT2D eigenvalue weighted by atomic mass is 16.5. The highest BCUT2D eigenvalue weighted by Gasteiger charge is 2.32. The zero-order chi connectivity index (χ0) is 23.2. The quantitative estimate of drug-likeness (QED) is 0.403. The van der Waals surface area contributed by atoms with Crippen LogP contribution in [0.1, 0.15) is 23.0 Å². The van der Waals surface area contributed by atoms with Crippen LogP contribution in [0.25, 0.3) is 0 Å². The second kappa shape index (κ2) is 10.5. The lowest BCUT2D eigenvalue weighted by Crippen LogP contribution is -2.48. The third kappa shape index (κ3) is 4.79. The standard InChI is InChI=1S/C27H30N6O/c1-34-25-15-9-8-14-24(25)26(32-20-18-31(19-21-32)23-12-6-3-7-13-23)27-28-29-30-33(27)17-16-22-10-4-2-5-11-22/h2-15,26H,16-21H2,1H3/t26-/m1/s1. The fourth-order valence-electron chi connectivity index (χ4n) is 4.71. The van der Waals surface area contributed by atoms with Crippen LogP contribution in [-0.2, 0) is 13.0 Å². The van der Waals surface area contributed by atoms with E-state index < -0.39 is 0 Å². The predicted molar refractivity (Wildman–Crippen MR) is 133 cm³/mol. The van der Waals surface area contributed by atoms with Gasteiger partial charge in [-0.3, -0.25) is 4.90 Å². The van der Waals surface area contributed by atoms with Crippen molar-refractivity contribution in [2.45, 2.75) is 19.0 Å². The highest BCUT2D eigenvalue weighted by molar-refractivity contribution is 5.46. The van der Waals surface area contributed by atoms with Crippen LogP contribution in [0.5, 0.6) is 5.75 Å². The number of hydrogen-bond donors (Lipinski definition) is 0. The summed E-state index contributed by atoms with van der Waals surface area (Å²) < 4.78 is 7.71. The van der Waals surface area contributed by atoms with Gasteiger partial charge in [-0.15, -0.1) is 5.10 Å². The SMILES string of the molecule is COc1ccccc1[C@H](c1nnnn1CCc1ccccc1)N1CCN(c2ccccc2)CC1. The van der Waals surface area contributed by atoms with Gasteiger partial charge in [0.15, 0.2) is 5.82 Å². The van der Waals surface area contributed by atoms with E-state index in [0.29, 0.717) is 0 Å². The molecule has 0 unspecified atom stereocenters. The molecule has 5 rings (SSSR count). The number of nitrogens with zero attached hydrogens (tertiary/aromatic N) is 6. The first kappa shape index (κ1) is 22.1. The molecule has 0 radical (unpaired) electrons. The van der Waals surface area contributed by atoms with Crippen molar-refractivity contribution in [3.8, 4) is 5.75 Å². The minimum absolute atomic E-state index is 0.0835. The van der Waals surface area contributed by atoms with Gasteiger partial charge >= 0.3 is 0 Å². The van der Waals surface area contributed by atoms with Crippen molar-refractivity contribution in [3.05, 3.63) is 102 Å². The van der Waals surface area contributed by atoms with Crippen molar-refractivity contribution in [2.75, 3.05) is 38.2 Å². The average molecular weight is 455 g/mol. The van der Waals surface area contributed by atoms with Gasteiger partial charge in [-0.25, -0.2) is 4.68 Å². The molecule has 1 fully saturated rings. The average Bonchev–Trinajstić information content (AvgIpc) is 3.37. The summed E-state index contributed by atoms with van der Waals surface area (Å²) in [4.78, 5) is 4.91. The molecule has 0 N–H and O–H groups in total. The molecule has 0 spiro atoms. The maximum Gasteiger partial charge on any atom is 0.173 e. The molecular weight excluding hydrogens is 424 g/mol. The van der Waals surface area contributed by atoms with Gasteiger partial charge in [0.25, 0.3) is 0 Å². The second-order valence-electron chi connectivity index (χ2n) is 8.50. The zero-order valence-corrected chi connectivity index (χ0v) is 19.5. The molecule has 7 nitrogen and oxygen atoms in total. The lowest BCUT2D eigenvalue weighted by atomic mass is 10.0. The maximum absolute atomic E-state index is 5.76. The number of rotatable bonds is 8. The summed E-state index contributed by atoms with van der Waals surface area (Å²) in [5.41, 5.74) is 3.63. The van der Waals surface area contributed by atoms with Gasteiger partial charge in [-0.1, -0.05) is 66.7 Å². The second-order valence-corrected chi connectivity index (χ2v) is 8.50. The van der Waals surface area contributed by atoms with Crippen molar-refractivity contribution < 1.29 is 4.74 Å². The molecule has 7 heteroatoms. The fraction of sp³-hybridized carbons (Fsp3) is 0.296. The van der Waals surface area contributed by atoms with Crippen LogP contribution in [0.3, 0.4) is 0 Å². The van der Waals surface area contributed by atoms with Gasteiger partial charge < -0.3 is 9.64 Å². The Balaban J connectivity index is 1.42. The Hall–Kier alpha value is -3.71. The van der Waals surface area contributed by atoms with Gasteiger partial charge in [0, 0.05) is 44.0 Å². The monoisotopic (exact) mass is 454 g/mol. The van der Waals surface area contributed by atoms with Crippen LogP contribution in [-0.4, -0.2) is 58.4 Å². The van der Waals surface area contributed by atoms with Crippen LogP contribution < -0.4 is 9.64 Å². The molecule has 1 atom stereocenters. The van der Waals surface area contributed by atoms with E-state index in [9.17, 15) is 0 Å². The van der Waals surface area contributed by atoms with Crippen LogP contribution in [0, 0.1) is 0 Å². The summed E-state index contributed by atoms with van der Waals surface area (Å²) in [6, 6.07) is 29.2. The highest BCUT2D eigenvalue weighted by Crippen LogP contribution is 2.34. The molecule has 0 bridgehead atoms. The van der Waals surface area contributed by atoms with E-state index in [1.165, 1.54) is 11.3 Å². The summed E-state index contributed by atoms with van der Waals surface area (Å²) in [5.74, 6) is 1.71. The van der Waals surface area contributed by atoms with E-state index in [0.717, 1.165) is 56.3 Å². The summed E-state index contributed by atoms with van der Waals surface area (Å²) in [6.45, 7) is 4.43. The van der Waals surface area contributed by atoms with Crippen LogP contribution in [0.15, 0.2) is 84.9 Å². The van der Waals surface area contributed by atoms with Crippen molar-refractivity contribution in [1.29, 1.82) is 0 Å². The Morgan fingerprint density at radius 3 is 2.24 bits per heavy atom. The van der Waals surface area contributed by atoms with E-state index in [4.69, 9.17) is 4.74 Å². The summed E-state index contributed by atoms with van der Waals surface area (Å²) in [5, 5.41) is 13.0. The smallest absolute Gasteiger partial charge is 0.173 e. The lowest BCUT2D eigenvalue weighted by molar-refractivity contribution is 0.197. The van der Waals surface area contributed by atoms with Gasteiger partial charge in [0.1, 0.15) is 11.8 Å². The first-order chi connectivity index (χ1) is 16.8. The van der Waals surface area contributed by atoms with Crippen LogP contribution in [0.4, 0.5) is 5.69 Å². The van der Waals surface area contributed by atoms with E-state index in [-0.39, 0.29) is 6.04 Å². The molecule has 1 aliphatic rings. The van der Waals surface area contributed by atoms with Crippen molar-refractivity contribution >= 4 is 5.69 Å². The molecule has 3 aromatic carbocycles. The fourth-order valence-corrected chi connectivity index (χ4v) is 4.71. The van der Waals surface area contributed by atoms with Crippen molar-refractivity contribution in [1.82, 2.24) is 25.1 Å². The number of aryl methyl sites for hydroxylation is 2. The number of aromatic nitrogens is 4. The first-order valence-corrected chi connectivity index (χ1v) is 11.8. The third-order valence-corrected chi connectivity index (χ3v) is 6.49. The number of para-hydroxylation sites is 2. The Bertz CT molecular complexity index is 1170. The Kier molecular flexibility index (Phi) is 6.81. The maximum atomic E-state index is 5.76. The molecule has 0 amide bonds. The number of ether oxygens (including phenoxy) is 1. The molecule has 0 saturated carbocycles. The Morgan fingerprint density at radius 2 is 1.50 bits per heavy atom. The Labute approximate surface area is 200 Å². The topological polar surface area (TPSA) is 59.3 Å². The van der Waals surface area contributed by atoms with E-state index in [1.807, 2.05) is 22.9 Å². The van der Waals surface area contributed by atoms with Gasteiger partial charge in [-0.2, -0.15) is 0 Å². The molecule has 2 heterocycles. The molecular formula is C27H30N6O. The van der Waals surface area contributed by atoms with E-state index in [2.05, 4.69) is 92.1 Å². The Morgan fingerprint density at radius 1 is 0.824 bits per heavy atom. The first-order valence-electron chi connectivity index (χ1n) is 11.8. The number of anilines is 1. The molecule has 1 saturated heterocycles. The summed E-state index contributed by atoms with van der Waals surface area (Å²) >= 11 is 0. The van der Waals surface area contributed by atoms with Gasteiger partial charge in [0.2, 0.25) is 0 Å². The number of benzene rings is 3. The minimum Gasteiger partial charge on any atom is -0.496 e. The zero-order valence-electron chi connectivity index (χ0n) is 19.5.